The molecular weight excluding hydrogens is 689 g/mol. The molecule has 0 saturated heterocycles. The maximum absolute atomic E-state index is 6.78. The van der Waals surface area contributed by atoms with E-state index >= 15 is 0 Å². The number of para-hydroxylation sites is 1. The van der Waals surface area contributed by atoms with E-state index < -0.39 is 0 Å². The van der Waals surface area contributed by atoms with Gasteiger partial charge < -0.3 is 4.42 Å². The monoisotopic (exact) mass is 714 g/mol. The largest absolute Gasteiger partial charge is 0.455 e. The standard InChI is InChI=1S/C46H26N4OS2/c1-4-13-27(14-5-1)43-48-44(28-15-6-2-7-16-28)50-45(49-43)34-24-23-30(41-40(34)33-19-10-11-22-37(33)51-41)31-20-12-21-32-35-25-36-39(26-38(35)52-42(31)32)53-46(47-36)29-17-8-3-9-18-29/h1-26H. The molecule has 0 amide bonds. The molecule has 0 bridgehead atoms. The van der Waals surface area contributed by atoms with Gasteiger partial charge in [-0.05, 0) is 30.3 Å². The fourth-order valence-corrected chi connectivity index (χ4v) is 9.61. The Kier molecular flexibility index (Phi) is 6.83. The van der Waals surface area contributed by atoms with E-state index in [-0.39, 0.29) is 0 Å². The van der Waals surface area contributed by atoms with Gasteiger partial charge in [-0.15, -0.1) is 22.7 Å². The van der Waals surface area contributed by atoms with Crippen LogP contribution in [-0.2, 0) is 0 Å². The molecule has 0 aliphatic heterocycles. The number of thiophene rings is 1. The van der Waals surface area contributed by atoms with Crippen LogP contribution in [0, 0.1) is 0 Å². The van der Waals surface area contributed by atoms with Crippen molar-refractivity contribution in [1.82, 2.24) is 19.9 Å². The third kappa shape index (κ3) is 4.97. The van der Waals surface area contributed by atoms with Crippen LogP contribution in [0.3, 0.4) is 0 Å². The Morgan fingerprint density at radius 3 is 1.77 bits per heavy atom. The molecule has 0 atom stereocenters. The molecular formula is C46H26N4OS2. The number of benzene rings is 7. The lowest BCUT2D eigenvalue weighted by Gasteiger charge is -2.11. The number of fused-ring (bicyclic) bond motifs is 7. The highest BCUT2D eigenvalue weighted by atomic mass is 32.1. The highest BCUT2D eigenvalue weighted by molar-refractivity contribution is 7.27. The predicted octanol–water partition coefficient (Wildman–Crippen LogP) is 13.1. The van der Waals surface area contributed by atoms with Crippen LogP contribution in [0.1, 0.15) is 0 Å². The lowest BCUT2D eigenvalue weighted by molar-refractivity contribution is 0.670. The van der Waals surface area contributed by atoms with Gasteiger partial charge in [-0.3, -0.25) is 0 Å². The minimum atomic E-state index is 0.600. The molecule has 11 rings (SSSR count). The van der Waals surface area contributed by atoms with Crippen molar-refractivity contribution in [2.75, 3.05) is 0 Å². The second-order valence-electron chi connectivity index (χ2n) is 13.0. The molecule has 0 unspecified atom stereocenters. The van der Waals surface area contributed by atoms with E-state index in [4.69, 9.17) is 24.4 Å². The number of nitrogens with zero attached hydrogens (tertiary/aromatic N) is 4. The highest BCUT2D eigenvalue weighted by Crippen LogP contribution is 2.47. The van der Waals surface area contributed by atoms with Crippen LogP contribution in [0.2, 0.25) is 0 Å². The molecule has 0 N–H and O–H groups in total. The molecule has 53 heavy (non-hydrogen) atoms. The molecule has 7 heteroatoms. The maximum atomic E-state index is 6.78. The molecule has 0 fully saturated rings. The summed E-state index contributed by atoms with van der Waals surface area (Å²) in [5, 5.41) is 5.48. The number of rotatable bonds is 5. The van der Waals surface area contributed by atoms with Crippen LogP contribution >= 0.6 is 22.7 Å². The van der Waals surface area contributed by atoms with E-state index in [0.29, 0.717) is 17.5 Å². The van der Waals surface area contributed by atoms with Crippen molar-refractivity contribution in [2.24, 2.45) is 0 Å². The first kappa shape index (κ1) is 30.1. The first-order chi connectivity index (χ1) is 26.2. The molecule has 0 saturated carbocycles. The summed E-state index contributed by atoms with van der Waals surface area (Å²) in [7, 11) is 0. The van der Waals surface area contributed by atoms with Crippen molar-refractivity contribution in [3.8, 4) is 55.9 Å². The molecule has 4 aromatic heterocycles. The van der Waals surface area contributed by atoms with E-state index in [2.05, 4.69) is 78.9 Å². The number of hydrogen-bond acceptors (Lipinski definition) is 7. The van der Waals surface area contributed by atoms with Crippen LogP contribution < -0.4 is 0 Å². The Hall–Kier alpha value is -6.54. The first-order valence-electron chi connectivity index (χ1n) is 17.4. The molecule has 4 heterocycles. The van der Waals surface area contributed by atoms with Crippen LogP contribution in [-0.4, -0.2) is 19.9 Å². The van der Waals surface area contributed by atoms with Crippen molar-refractivity contribution >= 4 is 75.0 Å². The molecule has 0 aliphatic carbocycles. The third-order valence-corrected chi connectivity index (χ3v) is 12.1. The molecule has 11 aromatic rings. The Morgan fingerprint density at radius 1 is 0.415 bits per heavy atom. The summed E-state index contributed by atoms with van der Waals surface area (Å²) in [6.45, 7) is 0. The van der Waals surface area contributed by atoms with E-state index in [1.807, 2.05) is 90.2 Å². The summed E-state index contributed by atoms with van der Waals surface area (Å²) in [5.41, 5.74) is 8.73. The number of hydrogen-bond donors (Lipinski definition) is 0. The van der Waals surface area contributed by atoms with Crippen LogP contribution in [0.15, 0.2) is 162 Å². The Morgan fingerprint density at radius 2 is 1.04 bits per heavy atom. The van der Waals surface area contributed by atoms with Crippen LogP contribution in [0.4, 0.5) is 0 Å². The van der Waals surface area contributed by atoms with E-state index in [1.54, 1.807) is 11.3 Å². The van der Waals surface area contributed by atoms with Crippen molar-refractivity contribution in [2.45, 2.75) is 0 Å². The van der Waals surface area contributed by atoms with E-state index in [1.165, 1.54) is 24.9 Å². The van der Waals surface area contributed by atoms with Gasteiger partial charge in [-0.1, -0.05) is 127 Å². The first-order valence-corrected chi connectivity index (χ1v) is 19.0. The summed E-state index contributed by atoms with van der Waals surface area (Å²) in [5.74, 6) is 1.85. The average molecular weight is 715 g/mol. The molecule has 0 radical (unpaired) electrons. The minimum Gasteiger partial charge on any atom is -0.455 e. The van der Waals surface area contributed by atoms with Gasteiger partial charge in [0.15, 0.2) is 17.5 Å². The minimum absolute atomic E-state index is 0.600. The van der Waals surface area contributed by atoms with Crippen molar-refractivity contribution < 1.29 is 4.42 Å². The fourth-order valence-electron chi connectivity index (χ4n) is 7.29. The van der Waals surface area contributed by atoms with Gasteiger partial charge in [0.25, 0.3) is 0 Å². The van der Waals surface area contributed by atoms with Gasteiger partial charge in [-0.2, -0.15) is 0 Å². The van der Waals surface area contributed by atoms with E-state index in [9.17, 15) is 0 Å². The quantitative estimate of drug-likeness (QED) is 0.178. The van der Waals surface area contributed by atoms with Gasteiger partial charge in [0.2, 0.25) is 0 Å². The van der Waals surface area contributed by atoms with Crippen molar-refractivity contribution in [3.05, 3.63) is 158 Å². The Balaban J connectivity index is 1.12. The molecule has 0 spiro atoms. The summed E-state index contributed by atoms with van der Waals surface area (Å²) in [6, 6.07) is 54.3. The van der Waals surface area contributed by atoms with Crippen LogP contribution in [0.5, 0.6) is 0 Å². The van der Waals surface area contributed by atoms with Gasteiger partial charge in [0.05, 0.1) is 10.2 Å². The van der Waals surface area contributed by atoms with Gasteiger partial charge in [0.1, 0.15) is 16.2 Å². The molecule has 5 nitrogen and oxygen atoms in total. The number of thiazole rings is 1. The smallest absolute Gasteiger partial charge is 0.164 e. The Labute approximate surface area is 311 Å². The predicted molar refractivity (Wildman–Crippen MR) is 220 cm³/mol. The van der Waals surface area contributed by atoms with Crippen molar-refractivity contribution in [1.29, 1.82) is 0 Å². The summed E-state index contributed by atoms with van der Waals surface area (Å²) in [4.78, 5) is 20.2. The van der Waals surface area contributed by atoms with Gasteiger partial charge >= 0.3 is 0 Å². The zero-order valence-corrected chi connectivity index (χ0v) is 29.7. The zero-order valence-electron chi connectivity index (χ0n) is 28.0. The lowest BCUT2D eigenvalue weighted by Crippen LogP contribution is -2.00. The topological polar surface area (TPSA) is 64.7 Å². The van der Waals surface area contributed by atoms with Gasteiger partial charge in [0, 0.05) is 64.3 Å². The zero-order chi connectivity index (χ0) is 34.9. The average Bonchev–Trinajstić information content (AvgIpc) is 3.94. The Bertz CT molecular complexity index is 3110. The summed E-state index contributed by atoms with van der Waals surface area (Å²) < 4.78 is 10.4. The lowest BCUT2D eigenvalue weighted by atomic mass is 9.97. The summed E-state index contributed by atoms with van der Waals surface area (Å²) >= 11 is 3.57. The molecule has 0 aliphatic rings. The second-order valence-corrected chi connectivity index (χ2v) is 15.1. The second kappa shape index (κ2) is 12.0. The summed E-state index contributed by atoms with van der Waals surface area (Å²) in [6.07, 6.45) is 0. The van der Waals surface area contributed by atoms with Gasteiger partial charge in [-0.25, -0.2) is 19.9 Å². The van der Waals surface area contributed by atoms with E-state index in [0.717, 1.165) is 65.8 Å². The fraction of sp³-hybridized carbons (Fsp3) is 0. The number of aromatic nitrogens is 4. The SMILES string of the molecule is c1ccc(-c2nc(-c3ccccc3)nc(-c3ccc(-c4cccc5c4sc4cc6sc(-c7ccccc7)nc6cc45)c4oc5ccccc5c34)n2)cc1. The normalized spacial score (nSPS) is 11.8. The van der Waals surface area contributed by atoms with Crippen LogP contribution in [0.25, 0.3) is 108 Å². The number of furan rings is 1. The van der Waals surface area contributed by atoms with Crippen molar-refractivity contribution in [3.63, 3.8) is 0 Å². The highest BCUT2D eigenvalue weighted by Gasteiger charge is 2.22. The maximum Gasteiger partial charge on any atom is 0.164 e. The third-order valence-electron chi connectivity index (χ3n) is 9.78. The molecule has 248 valence electrons. The molecule has 7 aromatic carbocycles.